The van der Waals surface area contributed by atoms with Crippen molar-refractivity contribution in [3.05, 3.63) is 142 Å². The topological polar surface area (TPSA) is 98.5 Å². The number of nitrogens with zero attached hydrogens (tertiary/aromatic N) is 1. The monoisotopic (exact) mass is 480 g/mol. The third kappa shape index (κ3) is 5.64. The van der Waals surface area contributed by atoms with Crippen LogP contribution in [0.1, 0.15) is 34.3 Å². The van der Waals surface area contributed by atoms with Gasteiger partial charge in [0, 0.05) is 11.6 Å². The molecular formula is C29H24N2O5. The van der Waals surface area contributed by atoms with Crippen LogP contribution in [0.5, 0.6) is 0 Å². The third-order valence-corrected chi connectivity index (χ3v) is 5.68. The molecule has 0 saturated carbocycles. The van der Waals surface area contributed by atoms with E-state index in [0.29, 0.717) is 11.1 Å². The van der Waals surface area contributed by atoms with Gasteiger partial charge in [0.15, 0.2) is 0 Å². The van der Waals surface area contributed by atoms with Gasteiger partial charge in [0.05, 0.1) is 4.92 Å². The highest BCUT2D eigenvalue weighted by atomic mass is 16.6. The first-order valence-electron chi connectivity index (χ1n) is 11.4. The molecule has 0 fully saturated rings. The van der Waals surface area contributed by atoms with Gasteiger partial charge in [-0.1, -0.05) is 97.1 Å². The van der Waals surface area contributed by atoms with Crippen molar-refractivity contribution in [1.82, 2.24) is 0 Å². The highest BCUT2D eigenvalue weighted by Gasteiger charge is 2.32. The van der Waals surface area contributed by atoms with Crippen LogP contribution in [-0.4, -0.2) is 16.8 Å². The number of carbonyl (C=O) groups is 2. The lowest BCUT2D eigenvalue weighted by molar-refractivity contribution is -0.384. The van der Waals surface area contributed by atoms with Crippen LogP contribution in [-0.2, 0) is 14.3 Å². The van der Waals surface area contributed by atoms with Crippen LogP contribution in [0.2, 0.25) is 0 Å². The number of ether oxygens (including phenoxy) is 1. The van der Waals surface area contributed by atoms with Gasteiger partial charge in [0.25, 0.3) is 11.6 Å². The summed E-state index contributed by atoms with van der Waals surface area (Å²) in [7, 11) is 0. The van der Waals surface area contributed by atoms with Gasteiger partial charge in [-0.25, -0.2) is 0 Å². The molecule has 1 amide bonds. The average molecular weight is 481 g/mol. The predicted octanol–water partition coefficient (Wildman–Crippen LogP) is 5.96. The van der Waals surface area contributed by atoms with Crippen LogP contribution in [0.4, 0.5) is 11.4 Å². The van der Waals surface area contributed by atoms with Gasteiger partial charge >= 0.3 is 5.97 Å². The predicted molar refractivity (Wildman–Crippen MR) is 136 cm³/mol. The average Bonchev–Trinajstić information content (AvgIpc) is 2.90. The second-order valence-corrected chi connectivity index (χ2v) is 8.25. The summed E-state index contributed by atoms with van der Waals surface area (Å²) in [5, 5.41) is 14.1. The number of anilines is 1. The molecule has 0 saturated heterocycles. The fourth-order valence-electron chi connectivity index (χ4n) is 3.94. The fourth-order valence-corrected chi connectivity index (χ4v) is 3.94. The van der Waals surface area contributed by atoms with E-state index in [9.17, 15) is 19.7 Å². The number of rotatable bonds is 8. The van der Waals surface area contributed by atoms with Crippen molar-refractivity contribution in [2.75, 3.05) is 5.32 Å². The third-order valence-electron chi connectivity index (χ3n) is 5.68. The lowest BCUT2D eigenvalue weighted by Crippen LogP contribution is -2.28. The number of carbonyl (C=O) groups excluding carboxylic acids is 2. The van der Waals surface area contributed by atoms with Gasteiger partial charge in [-0.2, -0.15) is 0 Å². The zero-order chi connectivity index (χ0) is 25.5. The van der Waals surface area contributed by atoms with E-state index in [1.165, 1.54) is 12.1 Å². The molecule has 0 aliphatic heterocycles. The standard InChI is InChI=1S/C29H24N2O5/c1-20-17-18-24(25(19-20)31(34)35)30-28(32)27(23-15-9-4-10-16-23)36-29(33)26(21-11-5-2-6-12-21)22-13-7-3-8-14-22/h2-19,26-27H,1H3,(H,30,32). The van der Waals surface area contributed by atoms with Gasteiger partial charge in [-0.05, 0) is 29.7 Å². The molecule has 7 heteroatoms. The van der Waals surface area contributed by atoms with E-state index in [0.717, 1.165) is 11.1 Å². The molecule has 7 nitrogen and oxygen atoms in total. The summed E-state index contributed by atoms with van der Waals surface area (Å²) in [6.45, 7) is 1.72. The molecular weight excluding hydrogens is 456 g/mol. The largest absolute Gasteiger partial charge is 0.447 e. The van der Waals surface area contributed by atoms with E-state index in [1.54, 1.807) is 43.3 Å². The lowest BCUT2D eigenvalue weighted by Gasteiger charge is -2.22. The Bertz CT molecular complexity index is 1320. The zero-order valence-corrected chi connectivity index (χ0v) is 19.5. The Morgan fingerprint density at radius 1 is 0.778 bits per heavy atom. The van der Waals surface area contributed by atoms with Crippen LogP contribution in [0.15, 0.2) is 109 Å². The maximum absolute atomic E-state index is 13.6. The van der Waals surface area contributed by atoms with Crippen LogP contribution in [0.3, 0.4) is 0 Å². The number of nitro benzene ring substituents is 1. The minimum atomic E-state index is -1.32. The van der Waals surface area contributed by atoms with Crippen molar-refractivity contribution >= 4 is 23.3 Å². The molecule has 180 valence electrons. The van der Waals surface area contributed by atoms with E-state index >= 15 is 0 Å². The van der Waals surface area contributed by atoms with E-state index in [4.69, 9.17) is 4.74 Å². The molecule has 4 aromatic rings. The number of benzene rings is 4. The minimum Gasteiger partial charge on any atom is -0.447 e. The smallest absolute Gasteiger partial charge is 0.319 e. The Morgan fingerprint density at radius 3 is 1.78 bits per heavy atom. The molecule has 0 bridgehead atoms. The fraction of sp³-hybridized carbons (Fsp3) is 0.103. The van der Waals surface area contributed by atoms with Gasteiger partial charge in [0.1, 0.15) is 11.6 Å². The van der Waals surface area contributed by atoms with Gasteiger partial charge < -0.3 is 10.1 Å². The van der Waals surface area contributed by atoms with Crippen LogP contribution < -0.4 is 5.32 Å². The van der Waals surface area contributed by atoms with Gasteiger partial charge in [0.2, 0.25) is 6.10 Å². The number of amides is 1. The molecule has 0 aromatic heterocycles. The molecule has 1 atom stereocenters. The van der Waals surface area contributed by atoms with E-state index < -0.39 is 28.8 Å². The first kappa shape index (κ1) is 24.3. The summed E-state index contributed by atoms with van der Waals surface area (Å²) < 4.78 is 5.84. The Labute approximate surface area is 208 Å². The Kier molecular flexibility index (Phi) is 7.51. The Morgan fingerprint density at radius 2 is 1.28 bits per heavy atom. The summed E-state index contributed by atoms with van der Waals surface area (Å²) in [4.78, 5) is 38.0. The van der Waals surface area contributed by atoms with E-state index in [-0.39, 0.29) is 11.4 Å². The first-order valence-corrected chi connectivity index (χ1v) is 11.4. The highest BCUT2D eigenvalue weighted by Crippen LogP contribution is 2.31. The number of hydrogen-bond donors (Lipinski definition) is 1. The van der Waals surface area contributed by atoms with Crippen molar-refractivity contribution in [2.45, 2.75) is 18.9 Å². The molecule has 4 aromatic carbocycles. The maximum atomic E-state index is 13.6. The summed E-state index contributed by atoms with van der Waals surface area (Å²) in [5.41, 5.74) is 2.34. The zero-order valence-electron chi connectivity index (χ0n) is 19.5. The number of esters is 1. The van der Waals surface area contributed by atoms with Crippen LogP contribution in [0, 0.1) is 17.0 Å². The molecule has 4 rings (SSSR count). The molecule has 0 radical (unpaired) electrons. The summed E-state index contributed by atoms with van der Waals surface area (Å²) in [6.07, 6.45) is -1.32. The summed E-state index contributed by atoms with van der Waals surface area (Å²) in [6, 6.07) is 31.4. The molecule has 0 spiro atoms. The molecule has 36 heavy (non-hydrogen) atoms. The number of nitro groups is 1. The summed E-state index contributed by atoms with van der Waals surface area (Å²) >= 11 is 0. The minimum absolute atomic E-state index is 0.0234. The molecule has 1 N–H and O–H groups in total. The normalized spacial score (nSPS) is 11.5. The Balaban J connectivity index is 1.68. The van der Waals surface area contributed by atoms with Gasteiger partial charge in [-0.15, -0.1) is 0 Å². The van der Waals surface area contributed by atoms with Crippen LogP contribution >= 0.6 is 0 Å². The highest BCUT2D eigenvalue weighted by molar-refractivity contribution is 5.98. The molecule has 0 aliphatic carbocycles. The number of hydrogen-bond acceptors (Lipinski definition) is 5. The van der Waals surface area contributed by atoms with E-state index in [1.807, 2.05) is 60.7 Å². The van der Waals surface area contributed by atoms with E-state index in [2.05, 4.69) is 5.32 Å². The Hall–Kier alpha value is -4.78. The van der Waals surface area contributed by atoms with Crippen molar-refractivity contribution in [3.63, 3.8) is 0 Å². The molecule has 1 unspecified atom stereocenters. The number of aryl methyl sites for hydroxylation is 1. The van der Waals surface area contributed by atoms with Crippen molar-refractivity contribution in [1.29, 1.82) is 0 Å². The molecule has 0 heterocycles. The first-order chi connectivity index (χ1) is 17.4. The summed E-state index contributed by atoms with van der Waals surface area (Å²) in [5.74, 6) is -2.07. The van der Waals surface area contributed by atoms with Crippen molar-refractivity contribution in [3.8, 4) is 0 Å². The van der Waals surface area contributed by atoms with Gasteiger partial charge in [-0.3, -0.25) is 19.7 Å². The molecule has 0 aliphatic rings. The SMILES string of the molecule is Cc1ccc(NC(=O)C(OC(=O)C(c2ccccc2)c2ccccc2)c2ccccc2)c([N+](=O)[O-])c1. The van der Waals surface area contributed by atoms with Crippen LogP contribution in [0.25, 0.3) is 0 Å². The second-order valence-electron chi connectivity index (χ2n) is 8.25. The second kappa shape index (κ2) is 11.1. The lowest BCUT2D eigenvalue weighted by atomic mass is 9.91. The van der Waals surface area contributed by atoms with Crippen molar-refractivity contribution < 1.29 is 19.2 Å². The number of nitrogens with one attached hydrogen (secondary N) is 1. The maximum Gasteiger partial charge on any atom is 0.319 e. The quantitative estimate of drug-likeness (QED) is 0.191. The van der Waals surface area contributed by atoms with Crippen molar-refractivity contribution in [2.24, 2.45) is 0 Å².